The van der Waals surface area contributed by atoms with Crippen LogP contribution in [0.15, 0.2) is 0 Å². The van der Waals surface area contributed by atoms with Crippen LogP contribution in [0.1, 0.15) is 64.7 Å². The molecule has 0 aromatic rings. The van der Waals surface area contributed by atoms with Crippen molar-refractivity contribution in [2.45, 2.75) is 76.3 Å². The van der Waals surface area contributed by atoms with Gasteiger partial charge in [-0.3, -0.25) is 0 Å². The van der Waals surface area contributed by atoms with Crippen molar-refractivity contribution >= 4 is 0 Å². The monoisotopic (exact) mass is 252 g/mol. The third-order valence-electron chi connectivity index (χ3n) is 5.50. The highest BCUT2D eigenvalue weighted by Crippen LogP contribution is 2.36. The van der Waals surface area contributed by atoms with Gasteiger partial charge in [0.2, 0.25) is 0 Å². The Bertz CT molecular complexity index is 237. The minimum absolute atomic E-state index is 0.486. The molecule has 2 rings (SSSR count). The highest BCUT2D eigenvalue weighted by Gasteiger charge is 2.39. The predicted molar refractivity (Wildman–Crippen MR) is 78.9 cm³/mol. The van der Waals surface area contributed by atoms with E-state index in [9.17, 15) is 0 Å². The van der Waals surface area contributed by atoms with E-state index in [1.54, 1.807) is 0 Å². The van der Waals surface area contributed by atoms with Gasteiger partial charge in [0.05, 0.1) is 0 Å². The normalized spacial score (nSPS) is 31.3. The van der Waals surface area contributed by atoms with E-state index in [4.69, 9.17) is 0 Å². The number of nitrogens with zero attached hydrogens (tertiary/aromatic N) is 1. The second kappa shape index (κ2) is 6.38. The largest absolute Gasteiger partial charge is 0.312 e. The van der Waals surface area contributed by atoms with Gasteiger partial charge >= 0.3 is 0 Å². The van der Waals surface area contributed by atoms with Gasteiger partial charge in [-0.15, -0.1) is 0 Å². The van der Waals surface area contributed by atoms with Crippen LogP contribution in [0.2, 0.25) is 0 Å². The molecule has 0 aliphatic heterocycles. The Morgan fingerprint density at radius 3 is 2.22 bits per heavy atom. The summed E-state index contributed by atoms with van der Waals surface area (Å²) in [5.74, 6) is 1.03. The molecule has 0 saturated heterocycles. The van der Waals surface area contributed by atoms with Gasteiger partial charge in [-0.25, -0.2) is 0 Å². The van der Waals surface area contributed by atoms with Gasteiger partial charge in [-0.1, -0.05) is 19.8 Å². The summed E-state index contributed by atoms with van der Waals surface area (Å²) in [4.78, 5) is 2.45. The molecule has 0 aromatic heterocycles. The molecular formula is C16H32N2. The van der Waals surface area contributed by atoms with Crippen LogP contribution in [0.4, 0.5) is 0 Å². The van der Waals surface area contributed by atoms with E-state index in [1.165, 1.54) is 64.3 Å². The van der Waals surface area contributed by atoms with Crippen molar-refractivity contribution < 1.29 is 0 Å². The molecule has 0 amide bonds. The van der Waals surface area contributed by atoms with Crippen molar-refractivity contribution in [3.63, 3.8) is 0 Å². The lowest BCUT2D eigenvalue weighted by Crippen LogP contribution is -2.58. The first-order valence-electron chi connectivity index (χ1n) is 8.07. The molecule has 2 saturated carbocycles. The van der Waals surface area contributed by atoms with E-state index in [1.807, 2.05) is 0 Å². The summed E-state index contributed by atoms with van der Waals surface area (Å²) >= 11 is 0. The van der Waals surface area contributed by atoms with Crippen molar-refractivity contribution in [3.8, 4) is 0 Å². The smallest absolute Gasteiger partial charge is 0.0328 e. The van der Waals surface area contributed by atoms with Crippen LogP contribution in [0.3, 0.4) is 0 Å². The number of hydrogen-bond donors (Lipinski definition) is 1. The van der Waals surface area contributed by atoms with E-state index in [0.717, 1.165) is 12.0 Å². The Balaban J connectivity index is 1.69. The molecule has 1 N–H and O–H groups in total. The van der Waals surface area contributed by atoms with Crippen LogP contribution < -0.4 is 5.32 Å². The first-order chi connectivity index (χ1) is 8.66. The Kier molecular flexibility index (Phi) is 5.08. The molecule has 2 nitrogen and oxygen atoms in total. The van der Waals surface area contributed by atoms with E-state index in [2.05, 4.69) is 31.2 Å². The Hall–Kier alpha value is -0.0800. The first kappa shape index (κ1) is 14.3. The molecule has 0 spiro atoms. The fraction of sp³-hybridized carbons (Fsp3) is 1.00. The van der Waals surface area contributed by atoms with Crippen molar-refractivity contribution in [1.82, 2.24) is 10.2 Å². The van der Waals surface area contributed by atoms with Crippen LogP contribution >= 0.6 is 0 Å². The highest BCUT2D eigenvalue weighted by molar-refractivity contribution is 4.98. The molecule has 106 valence electrons. The highest BCUT2D eigenvalue weighted by atomic mass is 15.2. The molecule has 0 atom stereocenters. The molecule has 18 heavy (non-hydrogen) atoms. The Morgan fingerprint density at radius 1 is 1.11 bits per heavy atom. The maximum atomic E-state index is 3.87. The van der Waals surface area contributed by atoms with Gasteiger partial charge in [-0.05, 0) is 65.0 Å². The quantitative estimate of drug-likeness (QED) is 0.779. The third kappa shape index (κ3) is 3.27. The average molecular weight is 252 g/mol. The van der Waals surface area contributed by atoms with Gasteiger partial charge in [0.1, 0.15) is 0 Å². The minimum atomic E-state index is 0.486. The number of hydrogen-bond acceptors (Lipinski definition) is 2. The third-order valence-corrected chi connectivity index (χ3v) is 5.50. The Morgan fingerprint density at radius 2 is 1.78 bits per heavy atom. The molecule has 2 aliphatic carbocycles. The zero-order chi connectivity index (χ0) is 13.0. The zero-order valence-electron chi connectivity index (χ0n) is 12.7. The summed E-state index contributed by atoms with van der Waals surface area (Å²) in [6.07, 6.45) is 12.8. The van der Waals surface area contributed by atoms with Crippen molar-refractivity contribution in [3.05, 3.63) is 0 Å². The summed E-state index contributed by atoms with van der Waals surface area (Å²) in [5.41, 5.74) is 0.486. The van der Waals surface area contributed by atoms with Gasteiger partial charge in [0.15, 0.2) is 0 Å². The second-order valence-corrected chi connectivity index (χ2v) is 6.86. The maximum absolute atomic E-state index is 3.87. The molecule has 0 bridgehead atoms. The molecule has 0 radical (unpaired) electrons. The number of rotatable bonds is 6. The molecule has 0 aromatic carbocycles. The molecule has 0 unspecified atom stereocenters. The van der Waals surface area contributed by atoms with Gasteiger partial charge in [0, 0.05) is 18.1 Å². The van der Waals surface area contributed by atoms with Crippen molar-refractivity contribution in [1.29, 1.82) is 0 Å². The average Bonchev–Trinajstić information content (AvgIpc) is 2.30. The van der Waals surface area contributed by atoms with Gasteiger partial charge in [0.25, 0.3) is 0 Å². The zero-order valence-corrected chi connectivity index (χ0v) is 12.7. The summed E-state index contributed by atoms with van der Waals surface area (Å²) in [6.45, 7) is 3.53. The lowest BCUT2D eigenvalue weighted by Gasteiger charge is -2.48. The Labute approximate surface area is 114 Å². The van der Waals surface area contributed by atoms with Crippen molar-refractivity contribution in [2.75, 3.05) is 20.6 Å². The molecule has 2 fully saturated rings. The predicted octanol–water partition coefficient (Wildman–Crippen LogP) is 3.42. The molecule has 2 heteroatoms. The van der Waals surface area contributed by atoms with Crippen LogP contribution in [0.25, 0.3) is 0 Å². The van der Waals surface area contributed by atoms with Gasteiger partial charge < -0.3 is 10.2 Å². The first-order valence-corrected chi connectivity index (χ1v) is 8.07. The maximum Gasteiger partial charge on any atom is 0.0328 e. The van der Waals surface area contributed by atoms with Crippen LogP contribution in [0, 0.1) is 5.92 Å². The molecule has 0 heterocycles. The topological polar surface area (TPSA) is 15.3 Å². The van der Waals surface area contributed by atoms with Crippen molar-refractivity contribution in [2.24, 2.45) is 5.92 Å². The van der Waals surface area contributed by atoms with E-state index in [0.29, 0.717) is 5.54 Å². The minimum Gasteiger partial charge on any atom is -0.312 e. The summed E-state index contributed by atoms with van der Waals surface area (Å²) in [6, 6.07) is 0.801. The number of nitrogens with one attached hydrogen (secondary N) is 1. The molecular weight excluding hydrogens is 220 g/mol. The second-order valence-electron chi connectivity index (χ2n) is 6.86. The number of likely N-dealkylation sites (N-methyl/N-ethyl adjacent to an activating group) is 1. The fourth-order valence-corrected chi connectivity index (χ4v) is 3.76. The van der Waals surface area contributed by atoms with Crippen LogP contribution in [-0.4, -0.2) is 37.1 Å². The lowest BCUT2D eigenvalue weighted by atomic mass is 9.75. The summed E-state index contributed by atoms with van der Waals surface area (Å²) in [5, 5.41) is 3.87. The SMILES string of the molecule is CCCC1CCC(NCC2(N(C)C)CCC2)CC1. The molecule has 2 aliphatic rings. The van der Waals surface area contributed by atoms with Crippen LogP contribution in [-0.2, 0) is 0 Å². The summed E-state index contributed by atoms with van der Waals surface area (Å²) in [7, 11) is 4.50. The van der Waals surface area contributed by atoms with Gasteiger partial charge in [-0.2, -0.15) is 0 Å². The van der Waals surface area contributed by atoms with E-state index >= 15 is 0 Å². The fourth-order valence-electron chi connectivity index (χ4n) is 3.76. The van der Waals surface area contributed by atoms with E-state index in [-0.39, 0.29) is 0 Å². The standard InChI is InChI=1S/C16H32N2/c1-4-6-14-7-9-15(10-8-14)17-13-16(18(2)3)11-5-12-16/h14-15,17H,4-13H2,1-3H3. The summed E-state index contributed by atoms with van der Waals surface area (Å²) < 4.78 is 0. The lowest BCUT2D eigenvalue weighted by molar-refractivity contribution is 0.0547. The van der Waals surface area contributed by atoms with E-state index < -0.39 is 0 Å². The van der Waals surface area contributed by atoms with Crippen LogP contribution in [0.5, 0.6) is 0 Å².